The van der Waals surface area contributed by atoms with Gasteiger partial charge in [0.15, 0.2) is 0 Å². The Hall–Kier alpha value is -5.23. The number of halogens is 2. The lowest BCUT2D eigenvalue weighted by Crippen LogP contribution is -2.37. The maximum Gasteiger partial charge on any atom is 0.421 e. The third kappa shape index (κ3) is 11.1. The molecule has 0 amide bonds. The van der Waals surface area contributed by atoms with Crippen LogP contribution in [-0.4, -0.2) is 105 Å². The van der Waals surface area contributed by atoms with Gasteiger partial charge in [0, 0.05) is 62.5 Å². The summed E-state index contributed by atoms with van der Waals surface area (Å²) in [5.74, 6) is 5.94. The van der Waals surface area contributed by atoms with E-state index in [2.05, 4.69) is 101 Å². The van der Waals surface area contributed by atoms with Crippen LogP contribution in [0.4, 0.5) is 28.3 Å². The van der Waals surface area contributed by atoms with E-state index < -0.39 is 11.7 Å². The van der Waals surface area contributed by atoms with E-state index in [1.807, 2.05) is 51.1 Å². The molecule has 2 fully saturated rings. The van der Waals surface area contributed by atoms with Crippen molar-refractivity contribution in [3.8, 4) is 11.5 Å². The third-order valence-corrected chi connectivity index (χ3v) is 12.9. The number of carbonyl (C=O) groups excluding carboxylic acids is 1. The van der Waals surface area contributed by atoms with E-state index in [1.165, 1.54) is 10.1 Å². The highest BCUT2D eigenvalue weighted by Crippen LogP contribution is 2.31. The molecule has 63 heavy (non-hydrogen) atoms. The number of hydrogen-bond acceptors (Lipinski definition) is 14. The van der Waals surface area contributed by atoms with Gasteiger partial charge in [-0.05, 0) is 127 Å². The van der Waals surface area contributed by atoms with Crippen LogP contribution in [0.1, 0.15) is 71.4 Å². The Morgan fingerprint density at radius 3 is 1.79 bits per heavy atom. The summed E-state index contributed by atoms with van der Waals surface area (Å²) < 4.78 is 19.6. The summed E-state index contributed by atoms with van der Waals surface area (Å²) in [6.07, 6.45) is 8.88. The number of anilines is 4. The Kier molecular flexibility index (Phi) is 14.9. The maximum atomic E-state index is 13.1. The van der Waals surface area contributed by atoms with Crippen LogP contribution in [0.5, 0.6) is 11.5 Å². The number of benzene rings is 2. The normalized spacial score (nSPS) is 15.0. The summed E-state index contributed by atoms with van der Waals surface area (Å²) in [5, 5.41) is 6.89. The summed E-state index contributed by atoms with van der Waals surface area (Å²) in [5.41, 5.74) is 5.00. The number of ether oxygens (including phenoxy) is 3. The average molecular weight is 991 g/mol. The number of aromatic amines is 1. The predicted octanol–water partition coefficient (Wildman–Crippen LogP) is 9.29. The van der Waals surface area contributed by atoms with Crippen LogP contribution in [0.3, 0.4) is 0 Å². The third-order valence-electron chi connectivity index (χ3n) is 11.5. The molecule has 0 atom stereocenters. The molecule has 0 aliphatic carbocycles. The van der Waals surface area contributed by atoms with Gasteiger partial charge in [-0.3, -0.25) is 0 Å². The fourth-order valence-corrected chi connectivity index (χ4v) is 9.18. The number of hydrogen-bond donors (Lipinski definition) is 3. The number of aromatic nitrogens is 8. The zero-order valence-corrected chi connectivity index (χ0v) is 40.3. The average Bonchev–Trinajstić information content (AvgIpc) is 3.87. The smallest absolute Gasteiger partial charge is 0.421 e. The summed E-state index contributed by atoms with van der Waals surface area (Å²) in [4.78, 5) is 48.1. The SMILES string of the molecule is CCc1c(Br)ncnc1N1CCC(CNc2nc3ccc(OC)cc3[nH]2)CC1.CCc1c(Br)ncnc1N1CCC(CNc2nc3ccc(OC)cc3n2C(=O)OC(C)(C)C)CC1. The Balaban J connectivity index is 0.000000193. The lowest BCUT2D eigenvalue weighted by Gasteiger charge is -2.34. The van der Waals surface area contributed by atoms with Crippen LogP contribution < -0.4 is 29.9 Å². The Morgan fingerprint density at radius 2 is 1.27 bits per heavy atom. The number of nitrogens with zero attached hydrogens (tertiary/aromatic N) is 9. The molecule has 6 heterocycles. The zero-order valence-electron chi connectivity index (χ0n) is 37.2. The molecule has 6 aromatic rings. The highest BCUT2D eigenvalue weighted by Gasteiger charge is 2.27. The second-order valence-electron chi connectivity index (χ2n) is 16.8. The van der Waals surface area contributed by atoms with Crippen molar-refractivity contribution in [3.05, 3.63) is 69.4 Å². The number of H-pyrrole nitrogens is 1. The molecule has 18 heteroatoms. The van der Waals surface area contributed by atoms with Crippen molar-refractivity contribution in [3.63, 3.8) is 0 Å². The minimum atomic E-state index is -0.621. The molecule has 8 rings (SSSR count). The number of methoxy groups -OCH3 is 2. The lowest BCUT2D eigenvalue weighted by atomic mass is 9.96. The summed E-state index contributed by atoms with van der Waals surface area (Å²) >= 11 is 7.11. The second kappa shape index (κ2) is 20.5. The summed E-state index contributed by atoms with van der Waals surface area (Å²) in [6.45, 7) is 15.3. The lowest BCUT2D eigenvalue weighted by molar-refractivity contribution is 0.0547. The molecule has 336 valence electrons. The molecular weight excluding hydrogens is 932 g/mol. The summed E-state index contributed by atoms with van der Waals surface area (Å²) in [6, 6.07) is 11.4. The van der Waals surface area contributed by atoms with Crippen molar-refractivity contribution in [2.24, 2.45) is 11.8 Å². The molecule has 0 saturated carbocycles. The van der Waals surface area contributed by atoms with Crippen LogP contribution in [-0.2, 0) is 17.6 Å². The topological polar surface area (TPSA) is 173 Å². The highest BCUT2D eigenvalue weighted by molar-refractivity contribution is 9.10. The van der Waals surface area contributed by atoms with Gasteiger partial charge in [0.05, 0.1) is 36.3 Å². The van der Waals surface area contributed by atoms with Crippen LogP contribution >= 0.6 is 31.9 Å². The highest BCUT2D eigenvalue weighted by atomic mass is 79.9. The monoisotopic (exact) mass is 988 g/mol. The van der Waals surface area contributed by atoms with Crippen LogP contribution in [0.2, 0.25) is 0 Å². The van der Waals surface area contributed by atoms with Gasteiger partial charge in [0.2, 0.25) is 11.9 Å². The fraction of sp³-hybridized carbons (Fsp3) is 0.489. The number of imidazole rings is 2. The Labute approximate surface area is 385 Å². The molecule has 2 aliphatic heterocycles. The molecule has 4 aromatic heterocycles. The molecule has 0 bridgehead atoms. The van der Waals surface area contributed by atoms with Crippen LogP contribution in [0.25, 0.3) is 22.1 Å². The van der Waals surface area contributed by atoms with E-state index in [-0.39, 0.29) is 0 Å². The van der Waals surface area contributed by atoms with Crippen molar-refractivity contribution in [1.29, 1.82) is 0 Å². The van der Waals surface area contributed by atoms with Crippen molar-refractivity contribution in [2.45, 2.75) is 78.7 Å². The minimum Gasteiger partial charge on any atom is -0.497 e. The van der Waals surface area contributed by atoms with E-state index in [0.29, 0.717) is 41.1 Å². The Bertz CT molecular complexity index is 2490. The number of rotatable bonds is 12. The quantitative estimate of drug-likeness (QED) is 0.0990. The number of fused-ring (bicyclic) bond motifs is 2. The molecule has 2 aliphatic rings. The zero-order chi connectivity index (χ0) is 44.7. The number of nitrogens with one attached hydrogen (secondary N) is 3. The van der Waals surface area contributed by atoms with Crippen molar-refractivity contribution in [2.75, 3.05) is 73.9 Å². The molecule has 0 radical (unpaired) electrons. The molecule has 0 unspecified atom stereocenters. The van der Waals surface area contributed by atoms with Crippen molar-refractivity contribution >= 4 is 83.6 Å². The van der Waals surface area contributed by atoms with E-state index in [0.717, 1.165) is 120 Å². The first kappa shape index (κ1) is 45.8. The van der Waals surface area contributed by atoms with Gasteiger partial charge in [-0.15, -0.1) is 0 Å². The fourth-order valence-electron chi connectivity index (χ4n) is 8.08. The van der Waals surface area contributed by atoms with Crippen molar-refractivity contribution in [1.82, 2.24) is 39.5 Å². The molecule has 2 saturated heterocycles. The molecule has 2 aromatic carbocycles. The number of piperidine rings is 2. The van der Waals surface area contributed by atoms with Crippen molar-refractivity contribution < 1.29 is 19.0 Å². The Morgan fingerprint density at radius 1 is 0.746 bits per heavy atom. The maximum absolute atomic E-state index is 13.1. The van der Waals surface area contributed by atoms with Crippen LogP contribution in [0.15, 0.2) is 58.3 Å². The van der Waals surface area contributed by atoms with Gasteiger partial charge < -0.3 is 39.6 Å². The van der Waals surface area contributed by atoms with Gasteiger partial charge in [-0.25, -0.2) is 39.3 Å². The molecular formula is C45H58Br2N12O4. The second-order valence-corrected chi connectivity index (χ2v) is 18.3. The van der Waals surface area contributed by atoms with Gasteiger partial charge in [0.1, 0.15) is 50.6 Å². The predicted molar refractivity (Wildman–Crippen MR) is 256 cm³/mol. The first-order valence-corrected chi connectivity index (χ1v) is 23.3. The standard InChI is InChI=1S/C25H33BrN6O3.C20H25BrN6O/c1-6-18-21(26)28-15-29-22(18)31-11-9-16(10-12-31)14-27-23-30-19-8-7-17(34-5)13-20(19)32(23)24(33)35-25(2,3)4;1-3-15-18(21)23-12-24-19(15)27-8-6-13(7-9-27)11-22-20-25-16-5-4-14(28-2)10-17(16)26-20/h7-8,13,15-16H,6,9-12,14H2,1-5H3,(H,27,30);4-5,10,12-13H,3,6-9,11H2,1-2H3,(H2,22,25,26). The molecule has 0 spiro atoms. The van der Waals surface area contributed by atoms with E-state index >= 15 is 0 Å². The van der Waals surface area contributed by atoms with Gasteiger partial charge >= 0.3 is 6.09 Å². The number of carbonyl (C=O) groups is 1. The van der Waals surface area contributed by atoms with Gasteiger partial charge in [-0.2, -0.15) is 0 Å². The van der Waals surface area contributed by atoms with E-state index in [9.17, 15) is 4.79 Å². The van der Waals surface area contributed by atoms with Gasteiger partial charge in [-0.1, -0.05) is 13.8 Å². The van der Waals surface area contributed by atoms with E-state index in [1.54, 1.807) is 32.9 Å². The summed E-state index contributed by atoms with van der Waals surface area (Å²) in [7, 11) is 3.28. The first-order chi connectivity index (χ1) is 30.4. The molecule has 16 nitrogen and oxygen atoms in total. The van der Waals surface area contributed by atoms with E-state index in [4.69, 9.17) is 14.2 Å². The largest absolute Gasteiger partial charge is 0.497 e. The van der Waals surface area contributed by atoms with Gasteiger partial charge in [0.25, 0.3) is 0 Å². The first-order valence-electron chi connectivity index (χ1n) is 21.7. The molecule has 3 N–H and O–H groups in total. The van der Waals surface area contributed by atoms with Crippen LogP contribution in [0, 0.1) is 11.8 Å². The minimum absolute atomic E-state index is 0.447.